The first-order valence-corrected chi connectivity index (χ1v) is 10.2. The molecule has 0 aliphatic rings. The van der Waals surface area contributed by atoms with Gasteiger partial charge < -0.3 is 10.6 Å². The van der Waals surface area contributed by atoms with Gasteiger partial charge in [-0.1, -0.05) is 29.8 Å². The summed E-state index contributed by atoms with van der Waals surface area (Å²) in [4.78, 5) is 4.46. The molecule has 8 heteroatoms. The van der Waals surface area contributed by atoms with Crippen LogP contribution in [0.15, 0.2) is 46.3 Å². The third-order valence-electron chi connectivity index (χ3n) is 3.77. The maximum atomic E-state index is 13.2. The molecule has 2 aromatic carbocycles. The van der Waals surface area contributed by atoms with Gasteiger partial charge in [0.2, 0.25) is 0 Å². The van der Waals surface area contributed by atoms with Crippen molar-refractivity contribution < 1.29 is 12.8 Å². The summed E-state index contributed by atoms with van der Waals surface area (Å²) < 4.78 is 36.5. The molecule has 0 atom stereocenters. The van der Waals surface area contributed by atoms with Gasteiger partial charge in [0.25, 0.3) is 0 Å². The van der Waals surface area contributed by atoms with Crippen LogP contribution in [0.1, 0.15) is 16.7 Å². The van der Waals surface area contributed by atoms with Gasteiger partial charge >= 0.3 is 0 Å². The fourth-order valence-corrected chi connectivity index (χ4v) is 3.64. The first-order chi connectivity index (χ1) is 12.2. The minimum absolute atomic E-state index is 0.0775. The van der Waals surface area contributed by atoms with E-state index in [1.165, 1.54) is 12.3 Å². The predicted molar refractivity (Wildman–Crippen MR) is 103 cm³/mol. The standard InChI is InChI=1S/C18H21ClFN3O2S/c1-12-8-13(5-7-17(12)26(3,24)25)10-22-18(21-2)23-11-14-4-6-16(20)15(19)9-14/h4-9H,10-11H2,1-3H3,(H2,21,22,23). The van der Waals surface area contributed by atoms with Crippen molar-refractivity contribution in [3.8, 4) is 0 Å². The van der Waals surface area contributed by atoms with Crippen LogP contribution in [0.3, 0.4) is 0 Å². The Hall–Kier alpha value is -2.12. The van der Waals surface area contributed by atoms with Crippen LogP contribution in [0.5, 0.6) is 0 Å². The van der Waals surface area contributed by atoms with Gasteiger partial charge in [-0.3, -0.25) is 4.99 Å². The quantitative estimate of drug-likeness (QED) is 0.601. The highest BCUT2D eigenvalue weighted by Gasteiger charge is 2.11. The van der Waals surface area contributed by atoms with Gasteiger partial charge in [-0.05, 0) is 41.8 Å². The molecule has 0 aromatic heterocycles. The summed E-state index contributed by atoms with van der Waals surface area (Å²) in [5.74, 6) is 0.112. The summed E-state index contributed by atoms with van der Waals surface area (Å²) in [6.45, 7) is 2.69. The Morgan fingerprint density at radius 3 is 2.19 bits per heavy atom. The summed E-state index contributed by atoms with van der Waals surface area (Å²) in [5, 5.41) is 6.34. The number of hydrogen-bond acceptors (Lipinski definition) is 3. The van der Waals surface area contributed by atoms with Crippen molar-refractivity contribution in [2.24, 2.45) is 4.99 Å². The lowest BCUT2D eigenvalue weighted by Gasteiger charge is -2.13. The molecule has 0 fully saturated rings. The lowest BCUT2D eigenvalue weighted by atomic mass is 10.1. The van der Waals surface area contributed by atoms with E-state index in [1.54, 1.807) is 38.2 Å². The van der Waals surface area contributed by atoms with Crippen molar-refractivity contribution in [2.75, 3.05) is 13.3 Å². The van der Waals surface area contributed by atoms with E-state index in [2.05, 4.69) is 15.6 Å². The summed E-state index contributed by atoms with van der Waals surface area (Å²) in [7, 11) is -1.58. The van der Waals surface area contributed by atoms with Crippen molar-refractivity contribution in [1.29, 1.82) is 0 Å². The number of aliphatic imine (C=N–C) groups is 1. The summed E-state index contributed by atoms with van der Waals surface area (Å²) in [6, 6.07) is 9.74. The second-order valence-corrected chi connectivity index (χ2v) is 8.29. The fraction of sp³-hybridized carbons (Fsp3) is 0.278. The number of hydrogen-bond donors (Lipinski definition) is 2. The number of benzene rings is 2. The minimum atomic E-state index is -3.23. The third-order valence-corrected chi connectivity index (χ3v) is 5.31. The lowest BCUT2D eigenvalue weighted by Crippen LogP contribution is -2.36. The van der Waals surface area contributed by atoms with Crippen LogP contribution in [-0.2, 0) is 22.9 Å². The summed E-state index contributed by atoms with van der Waals surface area (Å²) in [5.41, 5.74) is 2.46. The SMILES string of the molecule is CN=C(NCc1ccc(S(C)(=O)=O)c(C)c1)NCc1ccc(F)c(Cl)c1. The second kappa shape index (κ2) is 8.51. The molecule has 26 heavy (non-hydrogen) atoms. The lowest BCUT2D eigenvalue weighted by molar-refractivity contribution is 0.601. The van der Waals surface area contributed by atoms with Gasteiger partial charge in [-0.2, -0.15) is 0 Å². The van der Waals surface area contributed by atoms with Gasteiger partial charge in [-0.25, -0.2) is 12.8 Å². The Morgan fingerprint density at radius 1 is 1.12 bits per heavy atom. The van der Waals surface area contributed by atoms with Crippen LogP contribution in [0, 0.1) is 12.7 Å². The van der Waals surface area contributed by atoms with Gasteiger partial charge in [-0.15, -0.1) is 0 Å². The number of aryl methyl sites for hydroxylation is 1. The number of nitrogens with one attached hydrogen (secondary N) is 2. The molecular formula is C18H21ClFN3O2S. The zero-order valence-electron chi connectivity index (χ0n) is 14.8. The van der Waals surface area contributed by atoms with Gasteiger partial charge in [0.15, 0.2) is 15.8 Å². The maximum absolute atomic E-state index is 13.2. The molecule has 0 amide bonds. The monoisotopic (exact) mass is 397 g/mol. The van der Waals surface area contributed by atoms with Gasteiger partial charge in [0.05, 0.1) is 9.92 Å². The molecule has 0 bridgehead atoms. The van der Waals surface area contributed by atoms with E-state index in [1.807, 2.05) is 6.07 Å². The molecule has 0 aliphatic heterocycles. The molecule has 0 spiro atoms. The van der Waals surface area contributed by atoms with Crippen LogP contribution >= 0.6 is 11.6 Å². The topological polar surface area (TPSA) is 70.6 Å². The van der Waals surface area contributed by atoms with Crippen LogP contribution in [-0.4, -0.2) is 27.7 Å². The number of nitrogens with zero attached hydrogens (tertiary/aromatic N) is 1. The molecule has 0 radical (unpaired) electrons. The Balaban J connectivity index is 1.96. The molecule has 0 saturated carbocycles. The van der Waals surface area contributed by atoms with Crippen LogP contribution in [0.2, 0.25) is 5.02 Å². The normalized spacial score (nSPS) is 12.1. The zero-order valence-corrected chi connectivity index (χ0v) is 16.4. The number of guanidine groups is 1. The van der Waals surface area contributed by atoms with E-state index in [4.69, 9.17) is 11.6 Å². The highest BCUT2D eigenvalue weighted by molar-refractivity contribution is 7.90. The highest BCUT2D eigenvalue weighted by Crippen LogP contribution is 2.17. The second-order valence-electron chi connectivity index (χ2n) is 5.90. The molecule has 2 rings (SSSR count). The summed E-state index contributed by atoms with van der Waals surface area (Å²) >= 11 is 5.77. The van der Waals surface area contributed by atoms with E-state index in [-0.39, 0.29) is 5.02 Å². The van der Waals surface area contributed by atoms with E-state index in [9.17, 15) is 12.8 Å². The molecule has 0 saturated heterocycles. The first-order valence-electron chi connectivity index (χ1n) is 7.88. The van der Waals surface area contributed by atoms with E-state index in [0.29, 0.717) is 29.5 Å². The summed E-state index contributed by atoms with van der Waals surface area (Å²) in [6.07, 6.45) is 1.20. The van der Waals surface area contributed by atoms with E-state index in [0.717, 1.165) is 11.1 Å². The molecule has 0 unspecified atom stereocenters. The highest BCUT2D eigenvalue weighted by atomic mass is 35.5. The van der Waals surface area contributed by atoms with E-state index < -0.39 is 15.7 Å². The largest absolute Gasteiger partial charge is 0.352 e. The third kappa shape index (κ3) is 5.44. The average Bonchev–Trinajstić information content (AvgIpc) is 2.57. The molecule has 140 valence electrons. The van der Waals surface area contributed by atoms with Crippen LogP contribution < -0.4 is 10.6 Å². The Bertz CT molecular complexity index is 930. The molecular weight excluding hydrogens is 377 g/mol. The Morgan fingerprint density at radius 2 is 1.69 bits per heavy atom. The van der Waals surface area contributed by atoms with Crippen LogP contribution in [0.4, 0.5) is 4.39 Å². The maximum Gasteiger partial charge on any atom is 0.191 e. The molecule has 0 heterocycles. The predicted octanol–water partition coefficient (Wildman–Crippen LogP) is 3.06. The van der Waals surface area contributed by atoms with E-state index >= 15 is 0 Å². The zero-order chi connectivity index (χ0) is 19.3. The number of halogens is 2. The molecule has 0 aliphatic carbocycles. The van der Waals surface area contributed by atoms with Crippen molar-refractivity contribution >= 4 is 27.4 Å². The Labute approximate surface area is 158 Å². The van der Waals surface area contributed by atoms with Gasteiger partial charge in [0.1, 0.15) is 5.82 Å². The Kier molecular flexibility index (Phi) is 6.61. The number of sulfone groups is 1. The van der Waals surface area contributed by atoms with Crippen molar-refractivity contribution in [2.45, 2.75) is 24.9 Å². The van der Waals surface area contributed by atoms with Crippen molar-refractivity contribution in [3.63, 3.8) is 0 Å². The minimum Gasteiger partial charge on any atom is -0.352 e. The fourth-order valence-electron chi connectivity index (χ4n) is 2.48. The smallest absolute Gasteiger partial charge is 0.191 e. The van der Waals surface area contributed by atoms with Crippen LogP contribution in [0.25, 0.3) is 0 Å². The van der Waals surface area contributed by atoms with Gasteiger partial charge in [0, 0.05) is 26.4 Å². The number of rotatable bonds is 5. The first kappa shape index (κ1) is 20.2. The average molecular weight is 398 g/mol. The molecule has 2 N–H and O–H groups in total. The molecule has 5 nitrogen and oxygen atoms in total. The van der Waals surface area contributed by atoms with Crippen molar-refractivity contribution in [3.05, 3.63) is 63.9 Å². The van der Waals surface area contributed by atoms with Crippen molar-refractivity contribution in [1.82, 2.24) is 10.6 Å². The molecule has 2 aromatic rings.